The molecule has 0 unspecified atom stereocenters. The molecule has 0 atom stereocenters. The van der Waals surface area contributed by atoms with Crippen LogP contribution in [0.3, 0.4) is 0 Å². The predicted octanol–water partition coefficient (Wildman–Crippen LogP) is 4.86. The van der Waals surface area contributed by atoms with Crippen molar-refractivity contribution in [2.24, 2.45) is 5.92 Å². The normalized spacial score (nSPS) is 14.1. The van der Waals surface area contributed by atoms with E-state index < -0.39 is 0 Å². The van der Waals surface area contributed by atoms with Crippen LogP contribution in [-0.4, -0.2) is 16.9 Å². The molecule has 0 aromatic heterocycles. The molecule has 1 saturated carbocycles. The van der Waals surface area contributed by atoms with E-state index in [1.807, 2.05) is 13.0 Å². The van der Waals surface area contributed by atoms with Gasteiger partial charge in [0.1, 0.15) is 5.75 Å². The van der Waals surface area contributed by atoms with Gasteiger partial charge in [-0.1, -0.05) is 25.7 Å². The Hall–Kier alpha value is -2.82. The monoisotopic (exact) mass is 366 g/mol. The number of aryl methyl sites for hydroxylation is 1. The lowest BCUT2D eigenvalue weighted by molar-refractivity contribution is -0.116. The largest absolute Gasteiger partial charge is 0.508 e. The van der Waals surface area contributed by atoms with Crippen LogP contribution in [0.25, 0.3) is 0 Å². The van der Waals surface area contributed by atoms with Crippen LogP contribution in [0, 0.1) is 12.8 Å². The van der Waals surface area contributed by atoms with Crippen LogP contribution >= 0.6 is 0 Å². The van der Waals surface area contributed by atoms with Crippen LogP contribution in [0.5, 0.6) is 5.75 Å². The number of amides is 2. The van der Waals surface area contributed by atoms with Gasteiger partial charge in [0.15, 0.2) is 0 Å². The van der Waals surface area contributed by atoms with Crippen molar-refractivity contribution in [3.8, 4) is 5.75 Å². The van der Waals surface area contributed by atoms with E-state index in [0.717, 1.165) is 17.7 Å². The predicted molar refractivity (Wildman–Crippen MR) is 107 cm³/mol. The summed E-state index contributed by atoms with van der Waals surface area (Å²) in [6.07, 6.45) is 6.61. The van der Waals surface area contributed by atoms with Crippen LogP contribution in [0.2, 0.25) is 0 Å². The van der Waals surface area contributed by atoms with E-state index >= 15 is 0 Å². The summed E-state index contributed by atoms with van der Waals surface area (Å²) >= 11 is 0. The summed E-state index contributed by atoms with van der Waals surface area (Å²) in [5.41, 5.74) is 2.77. The Morgan fingerprint density at radius 3 is 2.41 bits per heavy atom. The van der Waals surface area contributed by atoms with E-state index in [1.54, 1.807) is 24.3 Å². The van der Waals surface area contributed by atoms with E-state index in [9.17, 15) is 14.7 Å². The molecular weight excluding hydrogens is 340 g/mol. The van der Waals surface area contributed by atoms with Crippen molar-refractivity contribution in [3.05, 3.63) is 53.6 Å². The number of aromatic hydroxyl groups is 1. The van der Waals surface area contributed by atoms with Crippen molar-refractivity contribution in [2.75, 3.05) is 10.6 Å². The maximum atomic E-state index is 12.3. The van der Waals surface area contributed by atoms with Crippen LogP contribution in [0.1, 0.15) is 54.4 Å². The minimum absolute atomic E-state index is 0.0437. The van der Waals surface area contributed by atoms with Gasteiger partial charge in [0, 0.05) is 23.4 Å². The van der Waals surface area contributed by atoms with Gasteiger partial charge in [-0.25, -0.2) is 0 Å². The first-order valence-corrected chi connectivity index (χ1v) is 9.52. The van der Waals surface area contributed by atoms with Gasteiger partial charge in [0.2, 0.25) is 5.91 Å². The van der Waals surface area contributed by atoms with Crippen molar-refractivity contribution in [1.29, 1.82) is 0 Å². The summed E-state index contributed by atoms with van der Waals surface area (Å²) < 4.78 is 0. The standard InChI is InChI=1S/C22H26N2O3/c1-15-14-18(23-21(26)13-6-16-4-2-3-5-16)9-12-20(15)24-22(27)17-7-10-19(25)11-8-17/h7-12,14,16,25H,2-6,13H2,1H3,(H,23,26)(H,24,27). The first kappa shape index (κ1) is 19.0. The Morgan fingerprint density at radius 1 is 1.04 bits per heavy atom. The lowest BCUT2D eigenvalue weighted by Gasteiger charge is -2.12. The zero-order valence-electron chi connectivity index (χ0n) is 15.6. The lowest BCUT2D eigenvalue weighted by Crippen LogP contribution is -2.14. The molecule has 1 aliphatic carbocycles. The maximum Gasteiger partial charge on any atom is 0.255 e. The highest BCUT2D eigenvalue weighted by Gasteiger charge is 2.16. The molecule has 0 heterocycles. The van der Waals surface area contributed by atoms with Gasteiger partial charge in [0.05, 0.1) is 0 Å². The van der Waals surface area contributed by atoms with Crippen molar-refractivity contribution < 1.29 is 14.7 Å². The van der Waals surface area contributed by atoms with Crippen LogP contribution in [0.4, 0.5) is 11.4 Å². The zero-order chi connectivity index (χ0) is 19.2. The molecule has 0 saturated heterocycles. The molecule has 1 aliphatic rings. The number of hydrogen-bond donors (Lipinski definition) is 3. The zero-order valence-corrected chi connectivity index (χ0v) is 15.6. The average molecular weight is 366 g/mol. The van der Waals surface area contributed by atoms with Crippen LogP contribution in [-0.2, 0) is 4.79 Å². The molecule has 1 fully saturated rings. The van der Waals surface area contributed by atoms with Gasteiger partial charge < -0.3 is 15.7 Å². The molecule has 5 heteroatoms. The molecule has 3 rings (SSSR count). The second-order valence-electron chi connectivity index (χ2n) is 7.27. The number of carbonyl (C=O) groups is 2. The summed E-state index contributed by atoms with van der Waals surface area (Å²) in [5, 5.41) is 15.1. The third-order valence-electron chi connectivity index (χ3n) is 5.14. The second kappa shape index (κ2) is 8.71. The smallest absolute Gasteiger partial charge is 0.255 e. The Balaban J connectivity index is 1.55. The minimum Gasteiger partial charge on any atom is -0.508 e. The summed E-state index contributed by atoms with van der Waals surface area (Å²) in [6, 6.07) is 11.5. The van der Waals surface area contributed by atoms with Crippen molar-refractivity contribution in [3.63, 3.8) is 0 Å². The Bertz CT molecular complexity index is 809. The molecular formula is C22H26N2O3. The number of nitrogens with one attached hydrogen (secondary N) is 2. The highest BCUT2D eigenvalue weighted by atomic mass is 16.3. The van der Waals surface area contributed by atoms with Gasteiger partial charge in [-0.05, 0) is 67.3 Å². The van der Waals surface area contributed by atoms with E-state index in [2.05, 4.69) is 10.6 Å². The fourth-order valence-electron chi connectivity index (χ4n) is 3.55. The van der Waals surface area contributed by atoms with Gasteiger partial charge in [-0.2, -0.15) is 0 Å². The number of rotatable bonds is 6. The molecule has 0 spiro atoms. The molecule has 2 aromatic rings. The van der Waals surface area contributed by atoms with Crippen LogP contribution < -0.4 is 10.6 Å². The van der Waals surface area contributed by atoms with Crippen molar-refractivity contribution in [1.82, 2.24) is 0 Å². The topological polar surface area (TPSA) is 78.4 Å². The third kappa shape index (κ3) is 5.33. The second-order valence-corrected chi connectivity index (χ2v) is 7.27. The molecule has 142 valence electrons. The van der Waals surface area contributed by atoms with Gasteiger partial charge in [-0.15, -0.1) is 0 Å². The molecule has 0 bridgehead atoms. The Morgan fingerprint density at radius 2 is 1.74 bits per heavy atom. The Kier molecular flexibility index (Phi) is 6.12. The minimum atomic E-state index is -0.244. The number of phenolic OH excluding ortho intramolecular Hbond substituents is 1. The Labute approximate surface area is 159 Å². The molecule has 0 radical (unpaired) electrons. The van der Waals surface area contributed by atoms with Crippen molar-refractivity contribution in [2.45, 2.75) is 45.4 Å². The average Bonchev–Trinajstić information content (AvgIpc) is 3.16. The molecule has 5 nitrogen and oxygen atoms in total. The fourth-order valence-corrected chi connectivity index (χ4v) is 3.55. The highest BCUT2D eigenvalue weighted by Crippen LogP contribution is 2.28. The van der Waals surface area contributed by atoms with Gasteiger partial charge in [0.25, 0.3) is 5.91 Å². The number of hydrogen-bond acceptors (Lipinski definition) is 3. The first-order chi connectivity index (χ1) is 13.0. The first-order valence-electron chi connectivity index (χ1n) is 9.52. The van der Waals surface area contributed by atoms with E-state index in [-0.39, 0.29) is 17.6 Å². The van der Waals surface area contributed by atoms with E-state index in [1.165, 1.54) is 37.8 Å². The van der Waals surface area contributed by atoms with Crippen LogP contribution in [0.15, 0.2) is 42.5 Å². The van der Waals surface area contributed by atoms with E-state index in [4.69, 9.17) is 0 Å². The van der Waals surface area contributed by atoms with Gasteiger partial charge in [-0.3, -0.25) is 9.59 Å². The summed E-state index contributed by atoms with van der Waals surface area (Å²) in [7, 11) is 0. The number of phenols is 1. The molecule has 2 aromatic carbocycles. The lowest BCUT2D eigenvalue weighted by atomic mass is 10.0. The van der Waals surface area contributed by atoms with Crippen molar-refractivity contribution >= 4 is 23.2 Å². The highest BCUT2D eigenvalue weighted by molar-refractivity contribution is 6.05. The molecule has 0 aliphatic heterocycles. The molecule has 3 N–H and O–H groups in total. The quantitative estimate of drug-likeness (QED) is 0.683. The summed E-state index contributed by atoms with van der Waals surface area (Å²) in [4.78, 5) is 24.4. The summed E-state index contributed by atoms with van der Waals surface area (Å²) in [5.74, 6) is 0.624. The number of benzene rings is 2. The van der Waals surface area contributed by atoms with E-state index in [0.29, 0.717) is 23.6 Å². The molecule has 27 heavy (non-hydrogen) atoms. The fraction of sp³-hybridized carbons (Fsp3) is 0.364. The number of anilines is 2. The SMILES string of the molecule is Cc1cc(NC(=O)CCC2CCCC2)ccc1NC(=O)c1ccc(O)cc1. The van der Waals surface area contributed by atoms with Gasteiger partial charge >= 0.3 is 0 Å². The third-order valence-corrected chi connectivity index (χ3v) is 5.14. The molecule has 2 amide bonds. The summed E-state index contributed by atoms with van der Waals surface area (Å²) in [6.45, 7) is 1.89. The maximum absolute atomic E-state index is 12.3. The number of carbonyl (C=O) groups excluding carboxylic acids is 2.